The summed E-state index contributed by atoms with van der Waals surface area (Å²) in [5, 5.41) is 11.0. The van der Waals surface area contributed by atoms with Crippen LogP contribution in [-0.2, 0) is 9.59 Å². The molecule has 2 aromatic heterocycles. The van der Waals surface area contributed by atoms with Gasteiger partial charge < -0.3 is 9.84 Å². The number of carbonyl (C=O) groups is 2. The maximum atomic E-state index is 13.9. The van der Waals surface area contributed by atoms with E-state index in [4.69, 9.17) is 4.74 Å². The number of carbonyl (C=O) groups excluding carboxylic acids is 2. The zero-order chi connectivity index (χ0) is 21.3. The molecule has 0 saturated carbocycles. The van der Waals surface area contributed by atoms with Crippen LogP contribution in [0.1, 0.15) is 17.2 Å². The van der Waals surface area contributed by atoms with E-state index in [9.17, 15) is 19.1 Å². The maximum Gasteiger partial charge on any atom is 0.301 e. The first kappa shape index (κ1) is 19.3. The van der Waals surface area contributed by atoms with Gasteiger partial charge in [0.05, 0.1) is 24.3 Å². The predicted molar refractivity (Wildman–Crippen MR) is 106 cm³/mol. The number of pyridine rings is 2. The fraction of sp³-hybridized carbons (Fsp3) is 0.0909. The highest BCUT2D eigenvalue weighted by Gasteiger charge is 2.47. The number of rotatable bonds is 4. The Morgan fingerprint density at radius 2 is 1.97 bits per heavy atom. The minimum atomic E-state index is -0.999. The molecule has 0 radical (unpaired) electrons. The fourth-order valence-corrected chi connectivity index (χ4v) is 3.43. The van der Waals surface area contributed by atoms with Crippen LogP contribution in [-0.4, -0.2) is 33.9 Å². The van der Waals surface area contributed by atoms with Crippen LogP contribution >= 0.6 is 0 Å². The zero-order valence-corrected chi connectivity index (χ0v) is 15.8. The Hall–Kier alpha value is -4.07. The molecular formula is C22H16FN3O4. The number of aliphatic hydroxyl groups is 1. The Morgan fingerprint density at radius 3 is 2.63 bits per heavy atom. The van der Waals surface area contributed by atoms with E-state index < -0.39 is 29.3 Å². The van der Waals surface area contributed by atoms with Gasteiger partial charge in [0.1, 0.15) is 23.1 Å². The number of ether oxygens (including phenoxy) is 1. The molecule has 1 amide bonds. The number of hydrogen-bond donors (Lipinski definition) is 1. The van der Waals surface area contributed by atoms with E-state index in [1.165, 1.54) is 36.5 Å². The van der Waals surface area contributed by atoms with Crippen molar-refractivity contribution in [1.82, 2.24) is 9.97 Å². The summed E-state index contributed by atoms with van der Waals surface area (Å²) in [7, 11) is 1.36. The van der Waals surface area contributed by atoms with Crippen molar-refractivity contribution in [2.24, 2.45) is 0 Å². The van der Waals surface area contributed by atoms with Crippen LogP contribution in [0.4, 0.5) is 10.2 Å². The van der Waals surface area contributed by atoms with Gasteiger partial charge in [-0.25, -0.2) is 9.37 Å². The van der Waals surface area contributed by atoms with Crippen molar-refractivity contribution in [3.05, 3.63) is 89.6 Å². The number of nitrogens with zero attached hydrogens (tertiary/aromatic N) is 3. The van der Waals surface area contributed by atoms with Crippen LogP contribution in [0.25, 0.3) is 5.76 Å². The van der Waals surface area contributed by atoms with Gasteiger partial charge in [0, 0.05) is 18.6 Å². The average Bonchev–Trinajstić information content (AvgIpc) is 3.05. The Morgan fingerprint density at radius 1 is 1.13 bits per heavy atom. The molecule has 8 heteroatoms. The van der Waals surface area contributed by atoms with Crippen molar-refractivity contribution in [3.8, 4) is 5.75 Å². The quantitative estimate of drug-likeness (QED) is 0.407. The van der Waals surface area contributed by atoms with Gasteiger partial charge in [0.2, 0.25) is 0 Å². The number of hydrogen-bond acceptors (Lipinski definition) is 6. The zero-order valence-electron chi connectivity index (χ0n) is 15.8. The number of Topliss-reactive ketones (excluding diaryl/α,β-unsaturated/α-hetero) is 1. The molecule has 1 aliphatic heterocycles. The van der Waals surface area contributed by atoms with Crippen LogP contribution < -0.4 is 9.64 Å². The van der Waals surface area contributed by atoms with Crippen LogP contribution in [0.3, 0.4) is 0 Å². The molecule has 7 nitrogen and oxygen atoms in total. The molecule has 4 rings (SSSR count). The van der Waals surface area contributed by atoms with Crippen molar-refractivity contribution in [2.75, 3.05) is 12.0 Å². The van der Waals surface area contributed by atoms with Crippen molar-refractivity contribution < 1.29 is 23.8 Å². The molecule has 150 valence electrons. The monoisotopic (exact) mass is 405 g/mol. The van der Waals surface area contributed by atoms with Gasteiger partial charge in [-0.05, 0) is 42.0 Å². The summed E-state index contributed by atoms with van der Waals surface area (Å²) in [5.41, 5.74) is 0.243. The fourth-order valence-electron chi connectivity index (χ4n) is 3.43. The van der Waals surface area contributed by atoms with Gasteiger partial charge in [-0.3, -0.25) is 19.5 Å². The first-order chi connectivity index (χ1) is 14.5. The Labute approximate surface area is 171 Å². The first-order valence-corrected chi connectivity index (χ1v) is 8.98. The van der Waals surface area contributed by atoms with Gasteiger partial charge in [-0.15, -0.1) is 0 Å². The Bertz CT molecular complexity index is 1150. The lowest BCUT2D eigenvalue weighted by molar-refractivity contribution is -0.132. The number of ketones is 1. The van der Waals surface area contributed by atoms with E-state index in [2.05, 4.69) is 9.97 Å². The third kappa shape index (κ3) is 3.18. The SMILES string of the molecule is COc1ccc(F)cc1/C(O)=C1\C(=O)C(=O)N(c2ccccn2)C1c1cccnc1. The van der Waals surface area contributed by atoms with Crippen molar-refractivity contribution >= 4 is 23.3 Å². The number of benzene rings is 1. The molecule has 3 heterocycles. The second kappa shape index (κ2) is 7.75. The standard InChI is InChI=1S/C22H16FN3O4/c1-30-16-8-7-14(23)11-15(16)20(27)18-19(13-5-4-9-24-12-13)26(22(29)21(18)28)17-6-2-3-10-25-17/h2-12,19,27H,1H3/b20-18+. The highest BCUT2D eigenvalue weighted by Crippen LogP contribution is 2.42. The van der Waals surface area contributed by atoms with Gasteiger partial charge in [0.25, 0.3) is 5.78 Å². The number of halogens is 1. The number of aromatic nitrogens is 2. The molecule has 1 aliphatic rings. The summed E-state index contributed by atoms with van der Waals surface area (Å²) in [5.74, 6) is -2.56. The molecule has 1 atom stereocenters. The minimum Gasteiger partial charge on any atom is -0.507 e. The first-order valence-electron chi connectivity index (χ1n) is 8.98. The Kier molecular flexibility index (Phi) is 4.97. The topological polar surface area (TPSA) is 92.6 Å². The van der Waals surface area contributed by atoms with Crippen LogP contribution in [0.15, 0.2) is 72.7 Å². The molecule has 1 aromatic carbocycles. The van der Waals surface area contributed by atoms with E-state index in [0.717, 1.165) is 6.07 Å². The number of methoxy groups -OCH3 is 1. The molecule has 1 fully saturated rings. The lowest BCUT2D eigenvalue weighted by Crippen LogP contribution is -2.30. The normalized spacial score (nSPS) is 17.9. The summed E-state index contributed by atoms with van der Waals surface area (Å²) in [6, 6.07) is 10.8. The molecule has 1 unspecified atom stereocenters. The molecule has 3 aromatic rings. The summed E-state index contributed by atoms with van der Waals surface area (Å²) in [6.45, 7) is 0. The number of amides is 1. The van der Waals surface area contributed by atoms with E-state index in [0.29, 0.717) is 5.56 Å². The molecule has 1 N–H and O–H groups in total. The van der Waals surface area contributed by atoms with Gasteiger partial charge in [-0.1, -0.05) is 12.1 Å². The van der Waals surface area contributed by atoms with E-state index in [1.54, 1.807) is 36.5 Å². The summed E-state index contributed by atoms with van der Waals surface area (Å²) < 4.78 is 19.1. The lowest BCUT2D eigenvalue weighted by Gasteiger charge is -2.24. The third-order valence-corrected chi connectivity index (χ3v) is 4.76. The minimum absolute atomic E-state index is 0.0367. The molecule has 30 heavy (non-hydrogen) atoms. The van der Waals surface area contributed by atoms with Gasteiger partial charge >= 0.3 is 5.91 Å². The molecule has 0 bridgehead atoms. The van der Waals surface area contributed by atoms with Crippen molar-refractivity contribution in [1.29, 1.82) is 0 Å². The number of anilines is 1. The summed E-state index contributed by atoms with van der Waals surface area (Å²) >= 11 is 0. The summed E-state index contributed by atoms with van der Waals surface area (Å²) in [6.07, 6.45) is 4.53. The smallest absolute Gasteiger partial charge is 0.301 e. The van der Waals surface area contributed by atoms with Crippen molar-refractivity contribution in [3.63, 3.8) is 0 Å². The average molecular weight is 405 g/mol. The number of aliphatic hydroxyl groups excluding tert-OH is 1. The highest BCUT2D eigenvalue weighted by atomic mass is 19.1. The second-order valence-corrected chi connectivity index (χ2v) is 6.49. The molecule has 0 spiro atoms. The predicted octanol–water partition coefficient (Wildman–Crippen LogP) is 3.25. The Balaban J connectivity index is 1.98. The highest BCUT2D eigenvalue weighted by molar-refractivity contribution is 6.51. The van der Waals surface area contributed by atoms with Crippen LogP contribution in [0.5, 0.6) is 5.75 Å². The van der Waals surface area contributed by atoms with Crippen LogP contribution in [0.2, 0.25) is 0 Å². The van der Waals surface area contributed by atoms with Crippen LogP contribution in [0, 0.1) is 5.82 Å². The molecular weight excluding hydrogens is 389 g/mol. The van der Waals surface area contributed by atoms with E-state index >= 15 is 0 Å². The molecule has 1 saturated heterocycles. The third-order valence-electron chi connectivity index (χ3n) is 4.76. The van der Waals surface area contributed by atoms with Gasteiger partial charge in [0.15, 0.2) is 0 Å². The summed E-state index contributed by atoms with van der Waals surface area (Å²) in [4.78, 5) is 35.3. The van der Waals surface area contributed by atoms with Gasteiger partial charge in [-0.2, -0.15) is 0 Å². The molecule has 0 aliphatic carbocycles. The largest absolute Gasteiger partial charge is 0.507 e. The van der Waals surface area contributed by atoms with E-state index in [1.807, 2.05) is 0 Å². The van der Waals surface area contributed by atoms with Crippen molar-refractivity contribution in [2.45, 2.75) is 6.04 Å². The van der Waals surface area contributed by atoms with E-state index in [-0.39, 0.29) is 22.7 Å². The second-order valence-electron chi connectivity index (χ2n) is 6.49. The lowest BCUT2D eigenvalue weighted by atomic mass is 9.96. The maximum absolute atomic E-state index is 13.9.